The van der Waals surface area contributed by atoms with Gasteiger partial charge in [-0.25, -0.2) is 0 Å². The van der Waals surface area contributed by atoms with Gasteiger partial charge in [0.25, 0.3) is 0 Å². The largest absolute Gasteiger partial charge is 0.497 e. The van der Waals surface area contributed by atoms with Gasteiger partial charge in [-0.15, -0.1) is 0 Å². The van der Waals surface area contributed by atoms with E-state index in [1.165, 1.54) is 0 Å². The maximum atomic E-state index is 10.5. The molecular weight excluding hydrogens is 232 g/mol. The topological polar surface area (TPSA) is 29.5 Å². The van der Waals surface area contributed by atoms with E-state index >= 15 is 0 Å². The van der Waals surface area contributed by atoms with Gasteiger partial charge < -0.3 is 9.84 Å². The molecule has 1 aromatic carbocycles. The van der Waals surface area contributed by atoms with Gasteiger partial charge in [-0.3, -0.25) is 0 Å². The average molecular weight is 248 g/mol. The average Bonchev–Trinajstić information content (AvgIpc) is 2.81. The molecule has 0 aliphatic carbocycles. The van der Waals surface area contributed by atoms with Crippen molar-refractivity contribution in [2.45, 2.75) is 18.9 Å². The Labute approximate surface area is 105 Å². The zero-order valence-electron chi connectivity index (χ0n) is 10.0. The molecule has 2 rings (SSSR count). The van der Waals surface area contributed by atoms with Crippen LogP contribution in [0.3, 0.4) is 0 Å². The molecule has 1 heterocycles. The molecule has 0 saturated heterocycles. The molecule has 3 heteroatoms. The number of methoxy groups -OCH3 is 1. The highest BCUT2D eigenvalue weighted by Crippen LogP contribution is 2.28. The molecule has 0 fully saturated rings. The van der Waals surface area contributed by atoms with E-state index in [9.17, 15) is 5.11 Å². The summed E-state index contributed by atoms with van der Waals surface area (Å²) < 4.78 is 5.18. The Bertz CT molecular complexity index is 475. The van der Waals surface area contributed by atoms with Gasteiger partial charge in [-0.1, -0.05) is 12.1 Å². The molecule has 1 atom stereocenters. The third kappa shape index (κ3) is 2.87. The van der Waals surface area contributed by atoms with Crippen molar-refractivity contribution in [2.24, 2.45) is 0 Å². The van der Waals surface area contributed by atoms with Crippen molar-refractivity contribution in [3.8, 4) is 5.75 Å². The summed E-state index contributed by atoms with van der Waals surface area (Å²) in [6, 6.07) is 9.63. The lowest BCUT2D eigenvalue weighted by Crippen LogP contribution is -2.23. The zero-order chi connectivity index (χ0) is 12.3. The van der Waals surface area contributed by atoms with Crippen LogP contribution in [0.1, 0.15) is 18.1 Å². The fraction of sp³-hybridized carbons (Fsp3) is 0.286. The second kappa shape index (κ2) is 4.90. The van der Waals surface area contributed by atoms with E-state index < -0.39 is 5.60 Å². The maximum absolute atomic E-state index is 10.5. The van der Waals surface area contributed by atoms with Crippen molar-refractivity contribution >= 4 is 11.3 Å². The minimum absolute atomic E-state index is 0.615. The zero-order valence-corrected chi connectivity index (χ0v) is 10.8. The first-order valence-corrected chi connectivity index (χ1v) is 6.44. The highest BCUT2D eigenvalue weighted by molar-refractivity contribution is 7.07. The lowest BCUT2D eigenvalue weighted by Gasteiger charge is -2.23. The lowest BCUT2D eigenvalue weighted by atomic mass is 9.90. The monoisotopic (exact) mass is 248 g/mol. The summed E-state index contributed by atoms with van der Waals surface area (Å²) in [5.41, 5.74) is 1.17. The van der Waals surface area contributed by atoms with Crippen molar-refractivity contribution in [1.82, 2.24) is 0 Å². The fourth-order valence-corrected chi connectivity index (χ4v) is 2.52. The van der Waals surface area contributed by atoms with Crippen molar-refractivity contribution in [1.29, 1.82) is 0 Å². The molecule has 0 radical (unpaired) electrons. The summed E-state index contributed by atoms with van der Waals surface area (Å²) in [7, 11) is 1.63. The first-order chi connectivity index (χ1) is 8.12. The molecule has 0 saturated carbocycles. The van der Waals surface area contributed by atoms with Crippen molar-refractivity contribution < 1.29 is 9.84 Å². The van der Waals surface area contributed by atoms with Gasteiger partial charge in [0.15, 0.2) is 0 Å². The SMILES string of the molecule is COc1cccc(C(C)(O)Cc2ccsc2)c1. The molecule has 90 valence electrons. The summed E-state index contributed by atoms with van der Waals surface area (Å²) in [5.74, 6) is 0.771. The molecule has 0 bridgehead atoms. The smallest absolute Gasteiger partial charge is 0.119 e. The molecule has 0 amide bonds. The normalized spacial score (nSPS) is 14.3. The van der Waals surface area contributed by atoms with Crippen LogP contribution >= 0.6 is 11.3 Å². The van der Waals surface area contributed by atoms with Gasteiger partial charge in [0.1, 0.15) is 5.75 Å². The number of thiophene rings is 1. The Kier molecular flexibility index (Phi) is 3.50. The van der Waals surface area contributed by atoms with Crippen molar-refractivity contribution in [3.63, 3.8) is 0 Å². The number of benzene rings is 1. The number of aliphatic hydroxyl groups is 1. The maximum Gasteiger partial charge on any atom is 0.119 e. The predicted molar refractivity (Wildman–Crippen MR) is 70.6 cm³/mol. The van der Waals surface area contributed by atoms with Crippen LogP contribution in [0.2, 0.25) is 0 Å². The number of rotatable bonds is 4. The van der Waals surface area contributed by atoms with E-state index in [0.29, 0.717) is 6.42 Å². The van der Waals surface area contributed by atoms with Crippen LogP contribution in [-0.2, 0) is 12.0 Å². The summed E-state index contributed by atoms with van der Waals surface area (Å²) in [6.45, 7) is 1.83. The summed E-state index contributed by atoms with van der Waals surface area (Å²) in [4.78, 5) is 0. The molecule has 17 heavy (non-hydrogen) atoms. The van der Waals surface area contributed by atoms with Crippen molar-refractivity contribution in [2.75, 3.05) is 7.11 Å². The Morgan fingerprint density at radius 3 is 2.82 bits per heavy atom. The third-order valence-electron chi connectivity index (χ3n) is 2.82. The quantitative estimate of drug-likeness (QED) is 0.900. The van der Waals surface area contributed by atoms with Crippen LogP contribution in [0.15, 0.2) is 41.1 Å². The molecule has 1 aromatic heterocycles. The molecule has 1 unspecified atom stereocenters. The van der Waals surface area contributed by atoms with E-state index in [0.717, 1.165) is 16.9 Å². The Hall–Kier alpha value is -1.32. The van der Waals surface area contributed by atoms with Gasteiger partial charge in [-0.05, 0) is 47.0 Å². The van der Waals surface area contributed by atoms with Gasteiger partial charge in [0, 0.05) is 6.42 Å². The minimum atomic E-state index is -0.865. The van der Waals surface area contributed by atoms with Gasteiger partial charge in [-0.2, -0.15) is 11.3 Å². The van der Waals surface area contributed by atoms with Gasteiger partial charge in [0.2, 0.25) is 0 Å². The highest BCUT2D eigenvalue weighted by atomic mass is 32.1. The van der Waals surface area contributed by atoms with Crippen molar-refractivity contribution in [3.05, 3.63) is 52.2 Å². The fourth-order valence-electron chi connectivity index (χ4n) is 1.85. The van der Waals surface area contributed by atoms with Crippen LogP contribution in [0.4, 0.5) is 0 Å². The lowest BCUT2D eigenvalue weighted by molar-refractivity contribution is 0.0575. The molecule has 0 aliphatic heterocycles. The van der Waals surface area contributed by atoms with Gasteiger partial charge >= 0.3 is 0 Å². The summed E-state index contributed by atoms with van der Waals surface area (Å²) in [5, 5.41) is 14.6. The molecular formula is C14H16O2S. The molecule has 1 N–H and O–H groups in total. The van der Waals surface area contributed by atoms with Gasteiger partial charge in [0.05, 0.1) is 12.7 Å². The molecule has 2 aromatic rings. The second-order valence-electron chi connectivity index (χ2n) is 4.31. The van der Waals surface area contributed by atoms with Crippen LogP contribution in [0.25, 0.3) is 0 Å². The Balaban J connectivity index is 2.24. The van der Waals surface area contributed by atoms with E-state index in [4.69, 9.17) is 4.74 Å². The summed E-state index contributed by atoms with van der Waals surface area (Å²) in [6.07, 6.45) is 0.615. The van der Waals surface area contributed by atoms with Crippen LogP contribution in [0.5, 0.6) is 5.75 Å². The van der Waals surface area contributed by atoms with E-state index in [1.54, 1.807) is 18.4 Å². The molecule has 2 nitrogen and oxygen atoms in total. The third-order valence-corrected chi connectivity index (χ3v) is 3.55. The van der Waals surface area contributed by atoms with E-state index in [1.807, 2.05) is 42.6 Å². The summed E-state index contributed by atoms with van der Waals surface area (Å²) >= 11 is 1.65. The Morgan fingerprint density at radius 1 is 1.35 bits per heavy atom. The van der Waals surface area contributed by atoms with Crippen LogP contribution < -0.4 is 4.74 Å². The molecule has 0 aliphatic rings. The van der Waals surface area contributed by atoms with E-state index in [-0.39, 0.29) is 0 Å². The number of ether oxygens (including phenoxy) is 1. The first-order valence-electron chi connectivity index (χ1n) is 5.50. The number of hydrogen-bond acceptors (Lipinski definition) is 3. The van der Waals surface area contributed by atoms with E-state index in [2.05, 4.69) is 5.38 Å². The second-order valence-corrected chi connectivity index (χ2v) is 5.09. The van der Waals surface area contributed by atoms with Crippen LogP contribution in [0, 0.1) is 0 Å². The molecule has 0 spiro atoms. The number of hydrogen-bond donors (Lipinski definition) is 1. The predicted octanol–water partition coefficient (Wildman–Crippen LogP) is 3.21. The standard InChI is InChI=1S/C14H16O2S/c1-14(15,9-11-6-7-17-10-11)12-4-3-5-13(8-12)16-2/h3-8,10,15H,9H2,1-2H3. The first kappa shape index (κ1) is 12.1. The highest BCUT2D eigenvalue weighted by Gasteiger charge is 2.24. The minimum Gasteiger partial charge on any atom is -0.497 e. The Morgan fingerprint density at radius 2 is 2.18 bits per heavy atom. The van der Waals surface area contributed by atoms with Crippen LogP contribution in [-0.4, -0.2) is 12.2 Å².